The molecule has 0 spiro atoms. The average Bonchev–Trinajstić information content (AvgIpc) is 2.27. The summed E-state index contributed by atoms with van der Waals surface area (Å²) in [5.41, 5.74) is 0.596. The van der Waals surface area contributed by atoms with Gasteiger partial charge >= 0.3 is 0 Å². The van der Waals surface area contributed by atoms with E-state index in [1.807, 2.05) is 0 Å². The second-order valence-corrected chi connectivity index (χ2v) is 6.09. The summed E-state index contributed by atoms with van der Waals surface area (Å²) in [6.45, 7) is 0.722. The molecule has 1 N–H and O–H groups in total. The van der Waals surface area contributed by atoms with Crippen LogP contribution in [-0.4, -0.2) is 16.9 Å². The second-order valence-electron chi connectivity index (χ2n) is 3.66. The van der Waals surface area contributed by atoms with Crippen LogP contribution >= 0.6 is 50.1 Å². The molecule has 0 radical (unpaired) electrons. The van der Waals surface area contributed by atoms with Gasteiger partial charge in [0.1, 0.15) is 0 Å². The summed E-state index contributed by atoms with van der Waals surface area (Å²) in [7, 11) is 0. The number of rotatable bonds is 6. The lowest BCUT2D eigenvalue weighted by molar-refractivity contribution is 0.0953. The van der Waals surface area contributed by atoms with Gasteiger partial charge in [0.2, 0.25) is 0 Å². The highest BCUT2D eigenvalue weighted by Crippen LogP contribution is 2.19. The molecule has 1 aromatic carbocycles. The van der Waals surface area contributed by atoms with Crippen molar-refractivity contribution >= 4 is 56.0 Å². The van der Waals surface area contributed by atoms with E-state index in [4.69, 9.17) is 11.6 Å². The lowest BCUT2D eigenvalue weighted by Gasteiger charge is -2.05. The average molecular weight is 431 g/mol. The van der Waals surface area contributed by atoms with Crippen molar-refractivity contribution < 1.29 is 4.79 Å². The van der Waals surface area contributed by atoms with Gasteiger partial charge in [-0.1, -0.05) is 56.5 Å². The fraction of sp³-hybridized carbons (Fsp3) is 0.417. The minimum absolute atomic E-state index is 0.0670. The number of carbonyl (C=O) groups is 1. The monoisotopic (exact) mass is 429 g/mol. The third kappa shape index (κ3) is 6.06. The molecule has 1 aromatic rings. The van der Waals surface area contributed by atoms with E-state index >= 15 is 0 Å². The first-order valence-electron chi connectivity index (χ1n) is 5.43. The van der Waals surface area contributed by atoms with Crippen molar-refractivity contribution in [3.05, 3.63) is 33.3 Å². The highest BCUT2D eigenvalue weighted by molar-refractivity contribution is 14.1. The summed E-state index contributed by atoms with van der Waals surface area (Å²) in [5.74, 6) is -0.0670. The van der Waals surface area contributed by atoms with Crippen LogP contribution in [0.1, 0.15) is 29.6 Å². The third-order valence-corrected chi connectivity index (χ3v) is 3.66. The zero-order valence-electron chi connectivity index (χ0n) is 9.31. The van der Waals surface area contributed by atoms with Crippen LogP contribution < -0.4 is 5.32 Å². The van der Waals surface area contributed by atoms with Crippen LogP contribution in [0.25, 0.3) is 0 Å². The van der Waals surface area contributed by atoms with Gasteiger partial charge in [-0.2, -0.15) is 0 Å². The Hall–Kier alpha value is 0.190. The Balaban J connectivity index is 2.41. The Bertz CT molecular complexity index is 367. The first-order valence-corrected chi connectivity index (χ1v) is 8.13. The summed E-state index contributed by atoms with van der Waals surface area (Å²) < 4.78 is 1.99. The molecule has 94 valence electrons. The van der Waals surface area contributed by atoms with E-state index in [1.54, 1.807) is 18.2 Å². The van der Waals surface area contributed by atoms with Gasteiger partial charge in [-0.25, -0.2) is 0 Å². The molecule has 0 atom stereocenters. The number of hydrogen-bond acceptors (Lipinski definition) is 1. The summed E-state index contributed by atoms with van der Waals surface area (Å²) in [6.07, 6.45) is 3.39. The maximum absolute atomic E-state index is 11.8. The number of amides is 1. The largest absolute Gasteiger partial charge is 0.352 e. The number of unbranched alkanes of at least 4 members (excludes halogenated alkanes) is 2. The summed E-state index contributed by atoms with van der Waals surface area (Å²) in [6, 6.07) is 5.21. The molecule has 0 aromatic heterocycles. The molecule has 1 amide bonds. The maximum Gasteiger partial charge on any atom is 0.251 e. The highest BCUT2D eigenvalue weighted by Gasteiger charge is 2.06. The number of halogens is 3. The molecular weight excluding hydrogens is 416 g/mol. The van der Waals surface area contributed by atoms with Crippen LogP contribution in [0, 0.1) is 0 Å². The number of hydrogen-bond donors (Lipinski definition) is 1. The quantitative estimate of drug-likeness (QED) is 0.404. The van der Waals surface area contributed by atoms with Crippen molar-refractivity contribution in [2.75, 3.05) is 11.0 Å². The van der Waals surface area contributed by atoms with Crippen LogP contribution in [0.3, 0.4) is 0 Å². The zero-order valence-corrected chi connectivity index (χ0v) is 13.8. The number of carbonyl (C=O) groups excluding carboxylic acids is 1. The number of alkyl halides is 1. The fourth-order valence-electron chi connectivity index (χ4n) is 1.39. The van der Waals surface area contributed by atoms with Gasteiger partial charge in [0.15, 0.2) is 0 Å². The Morgan fingerprint density at radius 2 is 2.06 bits per heavy atom. The third-order valence-electron chi connectivity index (χ3n) is 2.22. The Kier molecular flexibility index (Phi) is 7.46. The van der Waals surface area contributed by atoms with E-state index in [0.29, 0.717) is 10.6 Å². The van der Waals surface area contributed by atoms with E-state index in [2.05, 4.69) is 43.8 Å². The summed E-state index contributed by atoms with van der Waals surface area (Å²) in [4.78, 5) is 11.8. The van der Waals surface area contributed by atoms with Crippen LogP contribution in [0.4, 0.5) is 0 Å². The molecule has 0 saturated heterocycles. The summed E-state index contributed by atoms with van der Waals surface area (Å²) >= 11 is 11.6. The molecule has 0 aliphatic carbocycles. The number of benzene rings is 1. The van der Waals surface area contributed by atoms with Crippen LogP contribution in [0.5, 0.6) is 0 Å². The highest BCUT2D eigenvalue weighted by atomic mass is 127. The Morgan fingerprint density at radius 1 is 1.29 bits per heavy atom. The van der Waals surface area contributed by atoms with Crippen molar-refractivity contribution in [1.82, 2.24) is 5.32 Å². The second kappa shape index (κ2) is 8.32. The molecule has 0 bridgehead atoms. The van der Waals surface area contributed by atoms with Crippen molar-refractivity contribution in [3.8, 4) is 0 Å². The van der Waals surface area contributed by atoms with Gasteiger partial charge < -0.3 is 5.32 Å². The van der Waals surface area contributed by atoms with E-state index in [1.165, 1.54) is 10.8 Å². The first-order chi connectivity index (χ1) is 8.13. The van der Waals surface area contributed by atoms with Gasteiger partial charge in [0.05, 0.1) is 0 Å². The van der Waals surface area contributed by atoms with Crippen molar-refractivity contribution in [3.63, 3.8) is 0 Å². The predicted octanol–water partition coefficient (Wildman–Crippen LogP) is 4.44. The molecule has 2 nitrogen and oxygen atoms in total. The van der Waals surface area contributed by atoms with E-state index in [9.17, 15) is 4.79 Å². The molecule has 1 rings (SSSR count). The fourth-order valence-corrected chi connectivity index (χ4v) is 2.78. The van der Waals surface area contributed by atoms with Gasteiger partial charge in [-0.3, -0.25) is 4.79 Å². The van der Waals surface area contributed by atoms with Crippen molar-refractivity contribution in [1.29, 1.82) is 0 Å². The van der Waals surface area contributed by atoms with Crippen LogP contribution in [0.15, 0.2) is 22.7 Å². The van der Waals surface area contributed by atoms with Gasteiger partial charge in [0, 0.05) is 21.6 Å². The minimum Gasteiger partial charge on any atom is -0.352 e. The lowest BCUT2D eigenvalue weighted by Crippen LogP contribution is -2.24. The molecule has 0 heterocycles. The minimum atomic E-state index is -0.0670. The molecule has 5 heteroatoms. The van der Waals surface area contributed by atoms with E-state index in [-0.39, 0.29) is 5.91 Å². The van der Waals surface area contributed by atoms with Crippen LogP contribution in [-0.2, 0) is 0 Å². The Labute approximate surface area is 129 Å². The smallest absolute Gasteiger partial charge is 0.251 e. The van der Waals surface area contributed by atoms with Gasteiger partial charge in [-0.05, 0) is 35.5 Å². The molecule has 0 unspecified atom stereocenters. The van der Waals surface area contributed by atoms with E-state index in [0.717, 1.165) is 23.9 Å². The van der Waals surface area contributed by atoms with E-state index < -0.39 is 0 Å². The maximum atomic E-state index is 11.8. The van der Waals surface area contributed by atoms with Crippen molar-refractivity contribution in [2.24, 2.45) is 0 Å². The normalized spacial score (nSPS) is 10.3. The zero-order chi connectivity index (χ0) is 12.7. The Morgan fingerprint density at radius 3 is 2.71 bits per heavy atom. The topological polar surface area (TPSA) is 29.1 Å². The lowest BCUT2D eigenvalue weighted by atomic mass is 10.2. The molecule has 0 saturated carbocycles. The molecule has 0 fully saturated rings. The summed E-state index contributed by atoms with van der Waals surface area (Å²) in [5, 5.41) is 3.46. The molecule has 0 aliphatic heterocycles. The first kappa shape index (κ1) is 15.2. The van der Waals surface area contributed by atoms with Crippen molar-refractivity contribution in [2.45, 2.75) is 19.3 Å². The number of nitrogens with one attached hydrogen (secondary N) is 1. The van der Waals surface area contributed by atoms with Gasteiger partial charge in [-0.15, -0.1) is 0 Å². The SMILES string of the molecule is O=C(NCCCCCI)c1cc(Cl)cc(Br)c1. The van der Waals surface area contributed by atoms with Crippen LogP contribution in [0.2, 0.25) is 5.02 Å². The predicted molar refractivity (Wildman–Crippen MR) is 84.2 cm³/mol. The molecule has 17 heavy (non-hydrogen) atoms. The molecular formula is C12H14BrClINO. The standard InChI is InChI=1S/C12H14BrClINO/c13-10-6-9(7-11(14)8-10)12(17)16-5-3-1-2-4-15/h6-8H,1-5H2,(H,16,17). The molecule has 0 aliphatic rings. The van der Waals surface area contributed by atoms with Gasteiger partial charge in [0.25, 0.3) is 5.91 Å².